The molecule has 29 heavy (non-hydrogen) atoms. The number of hydrogen-bond donors (Lipinski definition) is 2. The van der Waals surface area contributed by atoms with E-state index in [2.05, 4.69) is 32.7 Å². The SMILES string of the molecule is CCNC(=NCC(=O)N(C)C)NCC(c1ccccc1OC)N1CCCCC1.I. The van der Waals surface area contributed by atoms with E-state index in [1.165, 1.54) is 24.8 Å². The van der Waals surface area contributed by atoms with Gasteiger partial charge in [0.05, 0.1) is 13.2 Å². The summed E-state index contributed by atoms with van der Waals surface area (Å²) in [6.45, 7) is 5.75. The summed E-state index contributed by atoms with van der Waals surface area (Å²) in [6, 6.07) is 8.40. The second-order valence-corrected chi connectivity index (χ2v) is 7.22. The highest BCUT2D eigenvalue weighted by atomic mass is 127. The van der Waals surface area contributed by atoms with Crippen LogP contribution in [0.15, 0.2) is 29.3 Å². The Bertz CT molecular complexity index is 648. The van der Waals surface area contributed by atoms with Gasteiger partial charge < -0.3 is 20.3 Å². The van der Waals surface area contributed by atoms with Gasteiger partial charge >= 0.3 is 0 Å². The third kappa shape index (κ3) is 8.00. The van der Waals surface area contributed by atoms with Gasteiger partial charge in [0.1, 0.15) is 12.3 Å². The Labute approximate surface area is 192 Å². The smallest absolute Gasteiger partial charge is 0.243 e. The van der Waals surface area contributed by atoms with E-state index in [9.17, 15) is 4.79 Å². The molecule has 0 saturated carbocycles. The maximum atomic E-state index is 11.9. The zero-order valence-corrected chi connectivity index (χ0v) is 20.4. The molecule has 0 aromatic heterocycles. The summed E-state index contributed by atoms with van der Waals surface area (Å²) in [6.07, 6.45) is 3.73. The predicted octanol–water partition coefficient (Wildman–Crippen LogP) is 2.48. The first-order valence-corrected chi connectivity index (χ1v) is 10.2. The highest BCUT2D eigenvalue weighted by Crippen LogP contribution is 2.30. The van der Waals surface area contributed by atoms with Crippen LogP contribution in [0.2, 0.25) is 0 Å². The highest BCUT2D eigenvalue weighted by molar-refractivity contribution is 14.0. The van der Waals surface area contributed by atoms with Gasteiger partial charge in [0.15, 0.2) is 5.96 Å². The van der Waals surface area contributed by atoms with Crippen molar-refractivity contribution in [3.8, 4) is 5.75 Å². The Morgan fingerprint density at radius 3 is 2.52 bits per heavy atom. The molecule has 0 spiro atoms. The van der Waals surface area contributed by atoms with Gasteiger partial charge in [-0.25, -0.2) is 4.99 Å². The van der Waals surface area contributed by atoms with Crippen LogP contribution < -0.4 is 15.4 Å². The van der Waals surface area contributed by atoms with Crippen molar-refractivity contribution in [2.24, 2.45) is 4.99 Å². The van der Waals surface area contributed by atoms with Crippen LogP contribution in [0.25, 0.3) is 0 Å². The third-order valence-electron chi connectivity index (χ3n) is 5.01. The molecule has 1 aliphatic heterocycles. The molecule has 1 unspecified atom stereocenters. The van der Waals surface area contributed by atoms with Crippen molar-refractivity contribution < 1.29 is 9.53 Å². The van der Waals surface area contributed by atoms with Crippen LogP contribution in [0.1, 0.15) is 37.8 Å². The fourth-order valence-electron chi connectivity index (χ4n) is 3.43. The Hall–Kier alpha value is -1.55. The molecule has 2 N–H and O–H groups in total. The van der Waals surface area contributed by atoms with E-state index in [1.807, 2.05) is 19.1 Å². The number of hydrogen-bond acceptors (Lipinski definition) is 4. The second-order valence-electron chi connectivity index (χ2n) is 7.22. The fraction of sp³-hybridized carbons (Fsp3) is 0.619. The molecule has 1 atom stereocenters. The third-order valence-corrected chi connectivity index (χ3v) is 5.01. The number of carbonyl (C=O) groups excluding carboxylic acids is 1. The van der Waals surface area contributed by atoms with E-state index in [0.29, 0.717) is 12.5 Å². The number of likely N-dealkylation sites (tertiary alicyclic amines) is 1. The maximum Gasteiger partial charge on any atom is 0.243 e. The van der Waals surface area contributed by atoms with Gasteiger partial charge in [-0.3, -0.25) is 9.69 Å². The van der Waals surface area contributed by atoms with Crippen LogP contribution in [-0.2, 0) is 4.79 Å². The average Bonchev–Trinajstić information content (AvgIpc) is 2.72. The number of nitrogens with one attached hydrogen (secondary N) is 2. The van der Waals surface area contributed by atoms with Crippen LogP contribution in [0.5, 0.6) is 5.75 Å². The molecule has 0 bridgehead atoms. The largest absolute Gasteiger partial charge is 0.496 e. The molecule has 1 aromatic carbocycles. The van der Waals surface area contributed by atoms with Crippen molar-refractivity contribution in [1.82, 2.24) is 20.4 Å². The van der Waals surface area contributed by atoms with E-state index < -0.39 is 0 Å². The molecule has 7 nitrogen and oxygen atoms in total. The summed E-state index contributed by atoms with van der Waals surface area (Å²) in [5, 5.41) is 6.67. The maximum absolute atomic E-state index is 11.9. The number of methoxy groups -OCH3 is 1. The average molecular weight is 517 g/mol. The van der Waals surface area contributed by atoms with Gasteiger partial charge in [-0.2, -0.15) is 0 Å². The van der Waals surface area contributed by atoms with Gasteiger partial charge in [0.25, 0.3) is 0 Å². The van der Waals surface area contributed by atoms with Crippen molar-refractivity contribution in [1.29, 1.82) is 0 Å². The zero-order chi connectivity index (χ0) is 20.4. The molecule has 1 amide bonds. The minimum Gasteiger partial charge on any atom is -0.496 e. The molecule has 1 aliphatic rings. The van der Waals surface area contributed by atoms with Crippen molar-refractivity contribution in [2.45, 2.75) is 32.2 Å². The quantitative estimate of drug-likeness (QED) is 0.315. The van der Waals surface area contributed by atoms with Crippen LogP contribution in [0.4, 0.5) is 0 Å². The van der Waals surface area contributed by atoms with Gasteiger partial charge in [-0.15, -0.1) is 24.0 Å². The number of likely N-dealkylation sites (N-methyl/N-ethyl adjacent to an activating group) is 1. The summed E-state index contributed by atoms with van der Waals surface area (Å²) in [5.74, 6) is 1.55. The molecule has 164 valence electrons. The molecule has 1 fully saturated rings. The normalized spacial score (nSPS) is 15.8. The lowest BCUT2D eigenvalue weighted by Gasteiger charge is -2.35. The number of piperidine rings is 1. The lowest BCUT2D eigenvalue weighted by atomic mass is 10.0. The predicted molar refractivity (Wildman–Crippen MR) is 129 cm³/mol. The zero-order valence-electron chi connectivity index (χ0n) is 18.1. The molecule has 2 rings (SSSR count). The lowest BCUT2D eigenvalue weighted by Crippen LogP contribution is -2.45. The van der Waals surface area contributed by atoms with Gasteiger partial charge in [-0.05, 0) is 38.9 Å². The monoisotopic (exact) mass is 517 g/mol. The fourth-order valence-corrected chi connectivity index (χ4v) is 3.43. The number of amides is 1. The van der Waals surface area contributed by atoms with Crippen LogP contribution in [-0.4, -0.2) is 75.6 Å². The summed E-state index contributed by atoms with van der Waals surface area (Å²) >= 11 is 0. The van der Waals surface area contributed by atoms with Crippen LogP contribution in [0, 0.1) is 0 Å². The second kappa shape index (κ2) is 13.6. The first-order valence-electron chi connectivity index (χ1n) is 10.2. The number of rotatable bonds is 8. The number of aliphatic imine (C=N–C) groups is 1. The summed E-state index contributed by atoms with van der Waals surface area (Å²) < 4.78 is 5.63. The number of halogens is 1. The van der Waals surface area contributed by atoms with Crippen LogP contribution in [0.3, 0.4) is 0 Å². The molecular formula is C21H36IN5O2. The number of guanidine groups is 1. The van der Waals surface area contributed by atoms with E-state index in [4.69, 9.17) is 4.74 Å². The lowest BCUT2D eigenvalue weighted by molar-refractivity contribution is -0.127. The minimum atomic E-state index is -0.0190. The molecule has 0 aliphatic carbocycles. The summed E-state index contributed by atoms with van der Waals surface area (Å²) in [4.78, 5) is 20.4. The number of carbonyl (C=O) groups is 1. The Morgan fingerprint density at radius 2 is 1.90 bits per heavy atom. The molecular weight excluding hydrogens is 481 g/mol. The number of ether oxygens (including phenoxy) is 1. The topological polar surface area (TPSA) is 69.2 Å². The van der Waals surface area contributed by atoms with Crippen molar-refractivity contribution in [2.75, 3.05) is 53.9 Å². The van der Waals surface area contributed by atoms with E-state index in [1.54, 1.807) is 26.1 Å². The Balaban J connectivity index is 0.00000420. The Morgan fingerprint density at radius 1 is 1.21 bits per heavy atom. The van der Waals surface area contributed by atoms with Gasteiger partial charge in [0, 0.05) is 32.7 Å². The molecule has 1 aromatic rings. The number of para-hydroxylation sites is 1. The molecule has 1 heterocycles. The first kappa shape index (κ1) is 25.5. The van der Waals surface area contributed by atoms with E-state index in [0.717, 1.165) is 25.4 Å². The van der Waals surface area contributed by atoms with Gasteiger partial charge in [0.2, 0.25) is 5.91 Å². The summed E-state index contributed by atoms with van der Waals surface area (Å²) in [7, 11) is 5.20. The van der Waals surface area contributed by atoms with Crippen molar-refractivity contribution in [3.05, 3.63) is 29.8 Å². The minimum absolute atomic E-state index is 0. The molecule has 8 heteroatoms. The first-order chi connectivity index (χ1) is 13.6. The number of benzene rings is 1. The van der Waals surface area contributed by atoms with Crippen LogP contribution >= 0.6 is 24.0 Å². The van der Waals surface area contributed by atoms with Crippen molar-refractivity contribution >= 4 is 35.8 Å². The Kier molecular flexibility index (Phi) is 12.0. The van der Waals surface area contributed by atoms with Crippen molar-refractivity contribution in [3.63, 3.8) is 0 Å². The molecule has 1 saturated heterocycles. The highest BCUT2D eigenvalue weighted by Gasteiger charge is 2.25. The molecule has 0 radical (unpaired) electrons. The van der Waals surface area contributed by atoms with E-state index in [-0.39, 0.29) is 42.5 Å². The standard InChI is InChI=1S/C21H35N5O2.HI/c1-5-22-21(24-16-20(27)25(2)3)23-15-18(26-13-9-6-10-14-26)17-11-7-8-12-19(17)28-4;/h7-8,11-12,18H,5-6,9-10,13-16H2,1-4H3,(H2,22,23,24);1H. The van der Waals surface area contributed by atoms with Gasteiger partial charge in [-0.1, -0.05) is 24.6 Å². The summed E-state index contributed by atoms with van der Waals surface area (Å²) in [5.41, 5.74) is 1.18. The number of nitrogens with zero attached hydrogens (tertiary/aromatic N) is 3. The van der Waals surface area contributed by atoms with E-state index >= 15 is 0 Å².